The van der Waals surface area contributed by atoms with E-state index in [0.29, 0.717) is 5.56 Å². The minimum absolute atomic E-state index is 0.0244. The molecule has 1 saturated heterocycles. The second kappa shape index (κ2) is 9.93. The maximum Gasteiger partial charge on any atom is 0.315 e. The van der Waals surface area contributed by atoms with Gasteiger partial charge < -0.3 is 15.4 Å². The number of benzene rings is 2. The Bertz CT molecular complexity index is 1080. The van der Waals surface area contributed by atoms with E-state index in [1.807, 2.05) is 24.5 Å². The first-order chi connectivity index (χ1) is 14.7. The Morgan fingerprint density at radius 3 is 2.58 bits per heavy atom. The fraction of sp³-hybridized carbons (Fsp3) is 0.333. The zero-order valence-electron chi connectivity index (χ0n) is 17.0. The van der Waals surface area contributed by atoms with Crippen LogP contribution in [-0.2, 0) is 19.4 Å². The largest absolute Gasteiger partial charge is 0.466 e. The van der Waals surface area contributed by atoms with E-state index >= 15 is 0 Å². The molecular weight excluding hydrogens is 460 g/mol. The van der Waals surface area contributed by atoms with Gasteiger partial charge in [0.2, 0.25) is 0 Å². The molecule has 1 heterocycles. The van der Waals surface area contributed by atoms with Gasteiger partial charge in [0.1, 0.15) is 5.92 Å². The van der Waals surface area contributed by atoms with Crippen LogP contribution in [0.5, 0.6) is 0 Å². The maximum absolute atomic E-state index is 13.0. The highest BCUT2D eigenvalue weighted by Gasteiger charge is 2.45. The van der Waals surface area contributed by atoms with E-state index in [4.69, 9.17) is 16.3 Å². The normalized spacial score (nSPS) is 21.1. The fourth-order valence-electron chi connectivity index (χ4n) is 3.57. The molecule has 3 rings (SSSR count). The second-order valence-electron chi connectivity index (χ2n) is 7.00. The summed E-state index contributed by atoms with van der Waals surface area (Å²) in [7, 11) is -3.84. The molecular formula is C21H23ClN2O5S2. The minimum Gasteiger partial charge on any atom is -0.466 e. The van der Waals surface area contributed by atoms with Crippen LogP contribution in [0.2, 0.25) is 5.02 Å². The van der Waals surface area contributed by atoms with E-state index in [1.54, 1.807) is 19.1 Å². The third-order valence-corrected chi connectivity index (χ3v) is 7.69. The Hall–Kier alpha value is -2.23. The number of rotatable bonds is 7. The highest BCUT2D eigenvalue weighted by atomic mass is 35.5. The van der Waals surface area contributed by atoms with Crippen molar-refractivity contribution in [2.45, 2.75) is 28.8 Å². The molecule has 0 aromatic heterocycles. The number of carbonyl (C=O) groups is 2. The Morgan fingerprint density at radius 2 is 1.90 bits per heavy atom. The Labute approximate surface area is 190 Å². The SMILES string of the molecule is CCOC(=O)C1C(CS(=O)(=O)c2cccc(Cl)c2)NC(=O)NC1c1cccc(SC)c1. The van der Waals surface area contributed by atoms with Gasteiger partial charge in [-0.1, -0.05) is 29.8 Å². The van der Waals surface area contributed by atoms with Gasteiger partial charge in [0.25, 0.3) is 0 Å². The van der Waals surface area contributed by atoms with Gasteiger partial charge >= 0.3 is 12.0 Å². The zero-order valence-corrected chi connectivity index (χ0v) is 19.4. The summed E-state index contributed by atoms with van der Waals surface area (Å²) in [5.74, 6) is -1.99. The van der Waals surface area contributed by atoms with Crippen molar-refractivity contribution in [1.29, 1.82) is 0 Å². The molecule has 2 aromatic carbocycles. The number of amides is 2. The second-order valence-corrected chi connectivity index (χ2v) is 10.3. The number of halogens is 1. The summed E-state index contributed by atoms with van der Waals surface area (Å²) in [6, 6.07) is 11.0. The topological polar surface area (TPSA) is 102 Å². The number of hydrogen-bond donors (Lipinski definition) is 2. The van der Waals surface area contributed by atoms with E-state index in [-0.39, 0.29) is 16.5 Å². The van der Waals surface area contributed by atoms with Gasteiger partial charge in [-0.15, -0.1) is 11.8 Å². The smallest absolute Gasteiger partial charge is 0.315 e. The highest BCUT2D eigenvalue weighted by molar-refractivity contribution is 7.98. The molecule has 1 fully saturated rings. The van der Waals surface area contributed by atoms with Gasteiger partial charge in [0.15, 0.2) is 9.84 Å². The van der Waals surface area contributed by atoms with Gasteiger partial charge in [-0.25, -0.2) is 13.2 Å². The third-order valence-electron chi connectivity index (χ3n) is 4.96. The van der Waals surface area contributed by atoms with Gasteiger partial charge in [-0.05, 0) is 49.1 Å². The van der Waals surface area contributed by atoms with Crippen molar-refractivity contribution >= 4 is 45.2 Å². The van der Waals surface area contributed by atoms with Gasteiger partial charge in [-0.2, -0.15) is 0 Å². The quantitative estimate of drug-likeness (QED) is 0.463. The Kier molecular flexibility index (Phi) is 7.51. The summed E-state index contributed by atoms with van der Waals surface area (Å²) in [5, 5.41) is 5.65. The predicted molar refractivity (Wildman–Crippen MR) is 120 cm³/mol. The van der Waals surface area contributed by atoms with Crippen LogP contribution in [0.3, 0.4) is 0 Å². The van der Waals surface area contributed by atoms with Crippen molar-refractivity contribution in [1.82, 2.24) is 10.6 Å². The summed E-state index contributed by atoms with van der Waals surface area (Å²) in [6.45, 7) is 1.81. The number of ether oxygens (including phenoxy) is 1. The van der Waals surface area contributed by atoms with E-state index in [0.717, 1.165) is 4.90 Å². The van der Waals surface area contributed by atoms with Crippen molar-refractivity contribution in [3.8, 4) is 0 Å². The van der Waals surface area contributed by atoms with Crippen molar-refractivity contribution in [3.05, 3.63) is 59.1 Å². The van der Waals surface area contributed by atoms with Crippen LogP contribution in [-0.4, -0.2) is 45.1 Å². The van der Waals surface area contributed by atoms with Gasteiger partial charge in [-0.3, -0.25) is 4.79 Å². The summed E-state index contributed by atoms with van der Waals surface area (Å²) < 4.78 is 31.3. The summed E-state index contributed by atoms with van der Waals surface area (Å²) >= 11 is 7.47. The van der Waals surface area contributed by atoms with Crippen molar-refractivity contribution in [2.24, 2.45) is 5.92 Å². The molecule has 2 N–H and O–H groups in total. The maximum atomic E-state index is 13.0. The molecule has 2 aromatic rings. The van der Waals surface area contributed by atoms with Crippen LogP contribution >= 0.6 is 23.4 Å². The Balaban J connectivity index is 2.00. The molecule has 166 valence electrons. The first kappa shape index (κ1) is 23.4. The summed E-state index contributed by atoms with van der Waals surface area (Å²) in [6.07, 6.45) is 1.92. The van der Waals surface area contributed by atoms with Crippen molar-refractivity contribution < 1.29 is 22.7 Å². The molecule has 1 aliphatic rings. The predicted octanol–water partition coefficient (Wildman–Crippen LogP) is 3.44. The molecule has 10 heteroatoms. The van der Waals surface area contributed by atoms with Crippen LogP contribution in [0.1, 0.15) is 18.5 Å². The molecule has 0 bridgehead atoms. The molecule has 7 nitrogen and oxygen atoms in total. The van der Waals surface area contributed by atoms with Gasteiger partial charge in [0, 0.05) is 9.92 Å². The average molecular weight is 483 g/mol. The fourth-order valence-corrected chi connectivity index (χ4v) is 5.84. The molecule has 0 radical (unpaired) electrons. The average Bonchev–Trinajstić information content (AvgIpc) is 2.73. The molecule has 0 saturated carbocycles. The highest BCUT2D eigenvalue weighted by Crippen LogP contribution is 2.32. The van der Waals surface area contributed by atoms with Gasteiger partial charge in [0.05, 0.1) is 29.3 Å². The van der Waals surface area contributed by atoms with Crippen LogP contribution in [0.4, 0.5) is 4.79 Å². The van der Waals surface area contributed by atoms with E-state index in [9.17, 15) is 18.0 Å². The monoisotopic (exact) mass is 482 g/mol. The van der Waals surface area contributed by atoms with Crippen LogP contribution in [0.15, 0.2) is 58.3 Å². The molecule has 1 aliphatic heterocycles. The first-order valence-electron chi connectivity index (χ1n) is 9.61. The lowest BCUT2D eigenvalue weighted by molar-refractivity contribution is -0.150. The number of nitrogens with one attached hydrogen (secondary N) is 2. The standard InChI is InChI=1S/C21H23ClN2O5S2/c1-3-29-20(25)18-17(12-31(27,28)16-9-5-7-14(22)11-16)23-21(26)24-19(18)13-6-4-8-15(10-13)30-2/h4-11,17-19H,3,12H2,1-2H3,(H2,23,24,26). The Morgan fingerprint density at radius 1 is 1.16 bits per heavy atom. The van der Waals surface area contributed by atoms with Crippen molar-refractivity contribution in [3.63, 3.8) is 0 Å². The number of hydrogen-bond acceptors (Lipinski definition) is 6. The molecule has 0 aliphatic carbocycles. The molecule has 31 heavy (non-hydrogen) atoms. The van der Waals surface area contributed by atoms with Crippen LogP contribution in [0, 0.1) is 5.92 Å². The first-order valence-corrected chi connectivity index (χ1v) is 12.9. The number of carbonyl (C=O) groups excluding carboxylic acids is 2. The number of sulfone groups is 1. The summed E-state index contributed by atoms with van der Waals surface area (Å²) in [5.41, 5.74) is 0.699. The van der Waals surface area contributed by atoms with Crippen molar-refractivity contribution in [2.75, 3.05) is 18.6 Å². The third kappa shape index (κ3) is 5.53. The van der Waals surface area contributed by atoms with E-state index < -0.39 is 45.6 Å². The zero-order chi connectivity index (χ0) is 22.6. The molecule has 2 amide bonds. The lowest BCUT2D eigenvalue weighted by atomic mass is 9.86. The number of urea groups is 1. The molecule has 3 atom stereocenters. The van der Waals surface area contributed by atoms with Crippen LogP contribution in [0.25, 0.3) is 0 Å². The minimum atomic E-state index is -3.84. The molecule has 3 unspecified atom stereocenters. The lowest BCUT2D eigenvalue weighted by Gasteiger charge is -2.38. The van der Waals surface area contributed by atoms with Crippen LogP contribution < -0.4 is 10.6 Å². The number of thioether (sulfide) groups is 1. The van der Waals surface area contributed by atoms with E-state index in [1.165, 1.54) is 30.0 Å². The van der Waals surface area contributed by atoms with E-state index in [2.05, 4.69) is 10.6 Å². The summed E-state index contributed by atoms with van der Waals surface area (Å²) in [4.78, 5) is 26.3. The lowest BCUT2D eigenvalue weighted by Crippen LogP contribution is -2.60. The number of esters is 1. The molecule has 0 spiro atoms.